The monoisotopic (exact) mass is 327 g/mol. The molecule has 0 fully saturated rings. The van der Waals surface area contributed by atoms with Crippen LogP contribution in [0.15, 0.2) is 0 Å². The Balaban J connectivity index is 5.96. The summed E-state index contributed by atoms with van der Waals surface area (Å²) in [5.41, 5.74) is -1.85. The van der Waals surface area contributed by atoms with Gasteiger partial charge in [0.15, 0.2) is 11.3 Å². The van der Waals surface area contributed by atoms with Gasteiger partial charge in [0, 0.05) is 12.3 Å². The molecule has 0 saturated heterocycles. The summed E-state index contributed by atoms with van der Waals surface area (Å²) < 4.78 is 13.8. The van der Waals surface area contributed by atoms with Crippen molar-refractivity contribution < 1.29 is 33.4 Å². The average molecular weight is 327 g/mol. The third-order valence-corrected chi connectivity index (χ3v) is 3.81. The van der Waals surface area contributed by atoms with Crippen molar-refractivity contribution in [2.75, 3.05) is 21.3 Å². The van der Waals surface area contributed by atoms with E-state index in [1.807, 2.05) is 6.07 Å². The van der Waals surface area contributed by atoms with Crippen LogP contribution in [-0.2, 0) is 33.4 Å². The van der Waals surface area contributed by atoms with E-state index in [1.165, 1.54) is 13.8 Å². The minimum absolute atomic E-state index is 0.0813. The molecule has 0 N–H and O–H groups in total. The standard InChI is InChI=1S/C15H21NO7/c1-9(17)6-7-15(8-16,14(20)23-5)10(2)11(12(18)21-3)13(19)22-4/h10-11H,6-7H2,1-5H3/t10-,15-/m1/s1. The van der Waals surface area contributed by atoms with Crippen molar-refractivity contribution in [3.05, 3.63) is 0 Å². The van der Waals surface area contributed by atoms with Gasteiger partial charge < -0.3 is 19.0 Å². The number of ketones is 1. The number of esters is 3. The molecular formula is C15H21NO7. The summed E-state index contributed by atoms with van der Waals surface area (Å²) in [5.74, 6) is -5.64. The first-order valence-electron chi connectivity index (χ1n) is 6.86. The lowest BCUT2D eigenvalue weighted by atomic mass is 9.68. The van der Waals surface area contributed by atoms with Crippen LogP contribution in [0.4, 0.5) is 0 Å². The van der Waals surface area contributed by atoms with Crippen molar-refractivity contribution in [2.24, 2.45) is 17.3 Å². The Morgan fingerprint density at radius 3 is 1.83 bits per heavy atom. The number of carbonyl (C=O) groups is 4. The van der Waals surface area contributed by atoms with Crippen LogP contribution >= 0.6 is 0 Å². The Morgan fingerprint density at radius 1 is 1.04 bits per heavy atom. The largest absolute Gasteiger partial charge is 0.468 e. The first kappa shape index (κ1) is 20.6. The number of ether oxygens (including phenoxy) is 3. The molecule has 0 radical (unpaired) electrons. The molecule has 0 spiro atoms. The molecule has 0 amide bonds. The van der Waals surface area contributed by atoms with Crippen LogP contribution in [0.5, 0.6) is 0 Å². The minimum atomic E-state index is -1.85. The van der Waals surface area contributed by atoms with Crippen molar-refractivity contribution in [2.45, 2.75) is 26.7 Å². The van der Waals surface area contributed by atoms with Crippen molar-refractivity contribution in [3.63, 3.8) is 0 Å². The van der Waals surface area contributed by atoms with Crippen LogP contribution in [0.2, 0.25) is 0 Å². The van der Waals surface area contributed by atoms with Crippen LogP contribution in [0, 0.1) is 28.6 Å². The summed E-state index contributed by atoms with van der Waals surface area (Å²) >= 11 is 0. The number of hydrogen-bond donors (Lipinski definition) is 0. The molecule has 0 heterocycles. The number of rotatable bonds is 8. The fraction of sp³-hybridized carbons (Fsp3) is 0.667. The van der Waals surface area contributed by atoms with Crippen molar-refractivity contribution in [3.8, 4) is 6.07 Å². The predicted molar refractivity (Wildman–Crippen MR) is 76.7 cm³/mol. The van der Waals surface area contributed by atoms with Gasteiger partial charge in [-0.1, -0.05) is 6.92 Å². The van der Waals surface area contributed by atoms with Crippen LogP contribution < -0.4 is 0 Å². The van der Waals surface area contributed by atoms with E-state index in [0.29, 0.717) is 0 Å². The third kappa shape index (κ3) is 4.52. The second kappa shape index (κ2) is 8.88. The van der Waals surface area contributed by atoms with E-state index in [1.54, 1.807) is 0 Å². The molecule has 0 aromatic carbocycles. The van der Waals surface area contributed by atoms with E-state index in [9.17, 15) is 24.4 Å². The topological polar surface area (TPSA) is 120 Å². The van der Waals surface area contributed by atoms with Gasteiger partial charge >= 0.3 is 17.9 Å². The van der Waals surface area contributed by atoms with Crippen molar-refractivity contribution in [1.82, 2.24) is 0 Å². The Kier molecular flexibility index (Phi) is 7.94. The number of nitriles is 1. The lowest BCUT2D eigenvalue weighted by molar-refractivity contribution is -0.167. The van der Waals surface area contributed by atoms with Crippen molar-refractivity contribution in [1.29, 1.82) is 5.26 Å². The molecule has 0 rings (SSSR count). The van der Waals surface area contributed by atoms with Crippen LogP contribution in [0.3, 0.4) is 0 Å². The second-order valence-electron chi connectivity index (χ2n) is 5.09. The molecule has 0 saturated carbocycles. The van der Waals surface area contributed by atoms with Gasteiger partial charge in [0.1, 0.15) is 5.78 Å². The summed E-state index contributed by atoms with van der Waals surface area (Å²) in [6, 6.07) is 1.82. The third-order valence-electron chi connectivity index (χ3n) is 3.81. The van der Waals surface area contributed by atoms with Gasteiger partial charge in [-0.15, -0.1) is 0 Å². The first-order valence-corrected chi connectivity index (χ1v) is 6.86. The number of hydrogen-bond acceptors (Lipinski definition) is 8. The summed E-state index contributed by atoms with van der Waals surface area (Å²) in [7, 11) is 3.24. The Morgan fingerprint density at radius 2 is 1.52 bits per heavy atom. The predicted octanol–water partition coefficient (Wildman–Crippen LogP) is 0.637. The van der Waals surface area contributed by atoms with E-state index in [0.717, 1.165) is 21.3 Å². The maximum atomic E-state index is 12.2. The van der Waals surface area contributed by atoms with Gasteiger partial charge in [-0.05, 0) is 13.3 Å². The van der Waals surface area contributed by atoms with Gasteiger partial charge in [-0.2, -0.15) is 5.26 Å². The maximum Gasteiger partial charge on any atom is 0.326 e. The van der Waals surface area contributed by atoms with Crippen LogP contribution in [0.1, 0.15) is 26.7 Å². The molecule has 23 heavy (non-hydrogen) atoms. The normalized spacial score (nSPS) is 14.1. The smallest absolute Gasteiger partial charge is 0.326 e. The summed E-state index contributed by atoms with van der Waals surface area (Å²) in [6.45, 7) is 2.68. The molecule has 0 aliphatic heterocycles. The van der Waals surface area contributed by atoms with E-state index in [2.05, 4.69) is 14.2 Å². The van der Waals surface area contributed by atoms with Gasteiger partial charge in [-0.3, -0.25) is 14.4 Å². The molecule has 0 aromatic rings. The zero-order chi connectivity index (χ0) is 18.2. The molecule has 0 unspecified atom stereocenters. The van der Waals surface area contributed by atoms with Gasteiger partial charge in [-0.25, -0.2) is 0 Å². The fourth-order valence-corrected chi connectivity index (χ4v) is 2.32. The maximum absolute atomic E-state index is 12.2. The van der Waals surface area contributed by atoms with Gasteiger partial charge in [0.25, 0.3) is 0 Å². The Bertz CT molecular complexity index is 506. The first-order chi connectivity index (χ1) is 10.7. The molecule has 8 heteroatoms. The van der Waals surface area contributed by atoms with E-state index in [4.69, 9.17) is 0 Å². The molecule has 0 aromatic heterocycles. The molecule has 0 bridgehead atoms. The summed E-state index contributed by atoms with van der Waals surface area (Å²) in [4.78, 5) is 47.3. The zero-order valence-corrected chi connectivity index (χ0v) is 13.9. The summed E-state index contributed by atoms with van der Waals surface area (Å²) in [6.07, 6.45) is -0.265. The number of Topliss-reactive ketones (excluding diaryl/α,β-unsaturated/α-hetero) is 1. The molecule has 0 aliphatic rings. The number of nitrogens with zero attached hydrogens (tertiary/aromatic N) is 1. The van der Waals surface area contributed by atoms with E-state index < -0.39 is 35.2 Å². The lowest BCUT2D eigenvalue weighted by Crippen LogP contribution is -2.46. The highest BCUT2D eigenvalue weighted by atomic mass is 16.5. The number of methoxy groups -OCH3 is 3. The summed E-state index contributed by atoms with van der Waals surface area (Å²) in [5, 5.41) is 9.55. The lowest BCUT2D eigenvalue weighted by Gasteiger charge is -2.32. The molecular weight excluding hydrogens is 306 g/mol. The zero-order valence-electron chi connectivity index (χ0n) is 13.9. The minimum Gasteiger partial charge on any atom is -0.468 e. The fourth-order valence-electron chi connectivity index (χ4n) is 2.32. The van der Waals surface area contributed by atoms with E-state index >= 15 is 0 Å². The number of carbonyl (C=O) groups excluding carboxylic acids is 4. The second-order valence-corrected chi connectivity index (χ2v) is 5.09. The highest BCUT2D eigenvalue weighted by Crippen LogP contribution is 2.39. The Hall–Kier alpha value is -2.43. The molecule has 128 valence electrons. The highest BCUT2D eigenvalue weighted by Gasteiger charge is 2.53. The SMILES string of the molecule is COC(=O)C(C(=O)OC)[C@@H](C)[C@](C#N)(CCC(C)=O)C(=O)OC. The Labute approximate surface area is 134 Å². The van der Waals surface area contributed by atoms with Crippen molar-refractivity contribution >= 4 is 23.7 Å². The van der Waals surface area contributed by atoms with Gasteiger partial charge in [0.2, 0.25) is 0 Å². The highest BCUT2D eigenvalue weighted by molar-refractivity contribution is 5.96. The average Bonchev–Trinajstić information content (AvgIpc) is 2.54. The van der Waals surface area contributed by atoms with Crippen LogP contribution in [-0.4, -0.2) is 45.0 Å². The quantitative estimate of drug-likeness (QED) is 0.362. The molecule has 0 aliphatic carbocycles. The van der Waals surface area contributed by atoms with Gasteiger partial charge in [0.05, 0.1) is 27.4 Å². The molecule has 8 nitrogen and oxygen atoms in total. The molecule has 2 atom stereocenters. The van der Waals surface area contributed by atoms with E-state index in [-0.39, 0.29) is 18.6 Å². The van der Waals surface area contributed by atoms with Crippen LogP contribution in [0.25, 0.3) is 0 Å².